The van der Waals surface area contributed by atoms with Gasteiger partial charge in [-0.15, -0.1) is 0 Å². The van der Waals surface area contributed by atoms with Gasteiger partial charge < -0.3 is 10.5 Å². The van der Waals surface area contributed by atoms with Gasteiger partial charge in [0.05, 0.1) is 24.2 Å². The fourth-order valence-corrected chi connectivity index (χ4v) is 4.42. The summed E-state index contributed by atoms with van der Waals surface area (Å²) in [6.45, 7) is 7.86. The summed E-state index contributed by atoms with van der Waals surface area (Å²) in [7, 11) is 0. The highest BCUT2D eigenvalue weighted by molar-refractivity contribution is 6.16. The maximum absolute atomic E-state index is 13.4. The predicted octanol–water partition coefficient (Wildman–Crippen LogP) is 6.26. The van der Waals surface area contributed by atoms with Gasteiger partial charge in [0.15, 0.2) is 0 Å². The summed E-state index contributed by atoms with van der Waals surface area (Å²) in [6, 6.07) is 3.94. The molecule has 0 saturated carbocycles. The largest absolute Gasteiger partial charge is 0.497 e. The van der Waals surface area contributed by atoms with Gasteiger partial charge in [-0.3, -0.25) is 9.67 Å². The number of nitrogens with two attached hydrogens (primary N) is 1. The lowest BCUT2D eigenvalue weighted by Crippen LogP contribution is -2.09. The van der Waals surface area contributed by atoms with Gasteiger partial charge >= 0.3 is 6.18 Å². The van der Waals surface area contributed by atoms with E-state index in [1.165, 1.54) is 6.07 Å². The molecule has 1 aliphatic carbocycles. The summed E-state index contributed by atoms with van der Waals surface area (Å²) in [5.41, 5.74) is 10.8. The Labute approximate surface area is 215 Å². The van der Waals surface area contributed by atoms with Crippen molar-refractivity contribution in [1.29, 1.82) is 0 Å². The number of ether oxygens (including phenoxy) is 1. The van der Waals surface area contributed by atoms with Crippen LogP contribution in [-0.2, 0) is 23.9 Å². The molecule has 0 spiro atoms. The van der Waals surface area contributed by atoms with Gasteiger partial charge in [0, 0.05) is 17.8 Å². The Bertz CT molecular complexity index is 1310. The maximum Gasteiger partial charge on any atom is 0.433 e. The van der Waals surface area contributed by atoms with E-state index in [4.69, 9.17) is 10.5 Å². The normalized spacial score (nSPS) is 16.8. The first-order valence-electron chi connectivity index (χ1n) is 12.5. The molecule has 4 rings (SSSR count). The second kappa shape index (κ2) is 11.3. The number of allylic oxidation sites excluding steroid dienone is 7. The molecule has 9 heteroatoms. The van der Waals surface area contributed by atoms with Gasteiger partial charge in [0.2, 0.25) is 0 Å². The molecule has 196 valence electrons. The van der Waals surface area contributed by atoms with Crippen LogP contribution in [0.5, 0.6) is 0 Å². The van der Waals surface area contributed by atoms with Crippen LogP contribution in [0.15, 0.2) is 64.5 Å². The van der Waals surface area contributed by atoms with Gasteiger partial charge in [-0.25, -0.2) is 4.98 Å². The molecule has 0 aromatic carbocycles. The average molecular weight is 512 g/mol. The van der Waals surface area contributed by atoms with Crippen molar-refractivity contribution < 1.29 is 17.9 Å². The third-order valence-electron chi connectivity index (χ3n) is 6.26. The van der Waals surface area contributed by atoms with Crippen LogP contribution in [0.2, 0.25) is 0 Å². The minimum atomic E-state index is -4.52. The first kappa shape index (κ1) is 26.6. The molecule has 0 bridgehead atoms. The number of nitrogens with zero attached hydrogens (tertiary/aromatic N) is 4. The minimum Gasteiger partial charge on any atom is -0.497 e. The molecule has 6 nitrogen and oxygen atoms in total. The molecular formula is C28H32F3N5O. The number of aryl methyl sites for hydroxylation is 1. The lowest BCUT2D eigenvalue weighted by Gasteiger charge is -2.15. The van der Waals surface area contributed by atoms with Crippen LogP contribution in [0.4, 0.5) is 13.2 Å². The van der Waals surface area contributed by atoms with Gasteiger partial charge in [0.25, 0.3) is 0 Å². The Balaban J connectivity index is 1.70. The lowest BCUT2D eigenvalue weighted by atomic mass is 9.90. The van der Waals surface area contributed by atoms with Gasteiger partial charge in [-0.05, 0) is 88.4 Å². The van der Waals surface area contributed by atoms with Crippen molar-refractivity contribution in [2.24, 2.45) is 10.7 Å². The second-order valence-corrected chi connectivity index (χ2v) is 9.35. The molecule has 0 atom stereocenters. The van der Waals surface area contributed by atoms with E-state index in [1.54, 1.807) is 12.3 Å². The lowest BCUT2D eigenvalue weighted by molar-refractivity contribution is -0.141. The number of aliphatic imine (C=N–C) groups is 1. The number of pyridine rings is 1. The zero-order valence-corrected chi connectivity index (χ0v) is 21.4. The highest BCUT2D eigenvalue weighted by Gasteiger charge is 2.33. The Morgan fingerprint density at radius 3 is 2.73 bits per heavy atom. The van der Waals surface area contributed by atoms with Crippen LogP contribution in [-0.4, -0.2) is 33.6 Å². The third kappa shape index (κ3) is 6.10. The Hall–Kier alpha value is -3.46. The van der Waals surface area contributed by atoms with Crippen LogP contribution in [0, 0.1) is 0 Å². The number of fused-ring (bicyclic) bond motifs is 1. The van der Waals surface area contributed by atoms with E-state index in [9.17, 15) is 13.2 Å². The molecule has 1 aliphatic heterocycles. The number of hydrogen-bond acceptors (Lipinski definition) is 5. The topological polar surface area (TPSA) is 78.3 Å². The monoisotopic (exact) mass is 511 g/mol. The number of hydrogen-bond donors (Lipinski definition) is 1. The quantitative estimate of drug-likeness (QED) is 0.335. The van der Waals surface area contributed by atoms with Crippen molar-refractivity contribution in [3.63, 3.8) is 0 Å². The van der Waals surface area contributed by atoms with Crippen molar-refractivity contribution in [3.05, 3.63) is 76.5 Å². The summed E-state index contributed by atoms with van der Waals surface area (Å²) in [5.74, 6) is 0.716. The van der Waals surface area contributed by atoms with Crippen LogP contribution in [0.25, 0.3) is 17.0 Å². The maximum atomic E-state index is 13.4. The molecule has 37 heavy (non-hydrogen) atoms. The van der Waals surface area contributed by atoms with E-state index < -0.39 is 11.9 Å². The molecule has 0 amide bonds. The van der Waals surface area contributed by atoms with E-state index in [2.05, 4.69) is 15.1 Å². The first-order valence-corrected chi connectivity index (χ1v) is 12.5. The third-order valence-corrected chi connectivity index (χ3v) is 6.26. The zero-order valence-electron chi connectivity index (χ0n) is 21.4. The second-order valence-electron chi connectivity index (χ2n) is 9.35. The average Bonchev–Trinajstić information content (AvgIpc) is 3.46. The van der Waals surface area contributed by atoms with Crippen LogP contribution in [0.3, 0.4) is 0 Å². The molecule has 2 aromatic heterocycles. The molecule has 0 radical (unpaired) electrons. The molecule has 2 aromatic rings. The summed E-state index contributed by atoms with van der Waals surface area (Å²) in [4.78, 5) is 8.57. The van der Waals surface area contributed by atoms with E-state index in [1.807, 2.05) is 43.7 Å². The number of rotatable bonds is 8. The van der Waals surface area contributed by atoms with E-state index in [-0.39, 0.29) is 5.69 Å². The highest BCUT2D eigenvalue weighted by atomic mass is 19.4. The van der Waals surface area contributed by atoms with E-state index in [0.29, 0.717) is 24.6 Å². The summed E-state index contributed by atoms with van der Waals surface area (Å²) < 4.78 is 47.7. The van der Waals surface area contributed by atoms with E-state index >= 15 is 0 Å². The van der Waals surface area contributed by atoms with Gasteiger partial charge in [-0.1, -0.05) is 17.7 Å². The first-order chi connectivity index (χ1) is 17.7. The number of aromatic nitrogens is 3. The molecule has 2 aliphatic rings. The fraction of sp³-hybridized carbons (Fsp3) is 0.393. The minimum absolute atomic E-state index is 0.213. The molecule has 3 heterocycles. The van der Waals surface area contributed by atoms with Gasteiger partial charge in [0.1, 0.15) is 17.1 Å². The Kier molecular flexibility index (Phi) is 8.12. The summed E-state index contributed by atoms with van der Waals surface area (Å²) >= 11 is 0. The Morgan fingerprint density at radius 1 is 1.19 bits per heavy atom. The Morgan fingerprint density at radius 2 is 2.00 bits per heavy atom. The van der Waals surface area contributed by atoms with Crippen LogP contribution in [0.1, 0.15) is 57.0 Å². The summed E-state index contributed by atoms with van der Waals surface area (Å²) in [6.07, 6.45) is 6.65. The van der Waals surface area contributed by atoms with Crippen LogP contribution < -0.4 is 5.73 Å². The SMILES string of the molecule is CC(C)=C1C=C(c2c(-c3cccc(C(F)(F)F)n3)nn3c2CCC3)C=CC1=N/C=C(\C)OCCCCN. The highest BCUT2D eigenvalue weighted by Crippen LogP contribution is 2.38. The van der Waals surface area contributed by atoms with Crippen molar-refractivity contribution >= 4 is 11.3 Å². The smallest absolute Gasteiger partial charge is 0.433 e. The molecule has 0 fully saturated rings. The molecule has 0 saturated heterocycles. The van der Waals surface area contributed by atoms with Crippen molar-refractivity contribution in [2.75, 3.05) is 13.2 Å². The van der Waals surface area contributed by atoms with Crippen LogP contribution >= 0.6 is 0 Å². The number of alkyl halides is 3. The van der Waals surface area contributed by atoms with E-state index in [0.717, 1.165) is 72.0 Å². The van der Waals surface area contributed by atoms with Crippen molar-refractivity contribution in [1.82, 2.24) is 14.8 Å². The zero-order chi connectivity index (χ0) is 26.6. The van der Waals surface area contributed by atoms with Crippen molar-refractivity contribution in [3.8, 4) is 11.4 Å². The number of unbranched alkanes of at least 4 members (excludes halogenated alkanes) is 1. The standard InChI is InChI=1S/C28H32F3N5O/c1-18(2)21-16-20(11-12-22(21)33-17-19(3)37-15-5-4-13-32)26-24-9-7-14-36(24)35-27(26)23-8-6-10-25(34-23)28(29,30)31/h6,8,10-12,16-17H,4-5,7,9,13-15,32H2,1-3H3/b19-17+,33-22?. The van der Waals surface area contributed by atoms with Crippen molar-refractivity contribution in [2.45, 2.75) is 59.2 Å². The number of halogens is 3. The molecule has 2 N–H and O–H groups in total. The predicted molar refractivity (Wildman–Crippen MR) is 140 cm³/mol. The summed E-state index contributed by atoms with van der Waals surface area (Å²) in [5, 5.41) is 4.68. The molecular weight excluding hydrogens is 479 g/mol. The fourth-order valence-electron chi connectivity index (χ4n) is 4.42. The molecule has 0 unspecified atom stereocenters. The van der Waals surface area contributed by atoms with Gasteiger partial charge in [-0.2, -0.15) is 18.3 Å².